The first kappa shape index (κ1) is 14.9. The fourth-order valence-electron chi connectivity index (χ4n) is 3.51. The van der Waals surface area contributed by atoms with Gasteiger partial charge < -0.3 is 5.32 Å². The summed E-state index contributed by atoms with van der Waals surface area (Å²) in [4.78, 5) is 0.231. The average Bonchev–Trinajstić information content (AvgIpc) is 2.83. The SMILES string of the molecule is Cc1cc(F)ccc1S(=O)(=O)N1CCC2(CCNCC2)C1. The van der Waals surface area contributed by atoms with Crippen LogP contribution in [0.5, 0.6) is 0 Å². The molecule has 2 aliphatic heterocycles. The zero-order chi connectivity index (χ0) is 15.1. The number of nitrogens with one attached hydrogen (secondary N) is 1. The zero-order valence-corrected chi connectivity index (χ0v) is 13.0. The van der Waals surface area contributed by atoms with Crippen molar-refractivity contribution in [3.8, 4) is 0 Å². The summed E-state index contributed by atoms with van der Waals surface area (Å²) in [6, 6.07) is 3.88. The van der Waals surface area contributed by atoms with Crippen LogP contribution in [0.4, 0.5) is 4.39 Å². The lowest BCUT2D eigenvalue weighted by molar-refractivity contribution is 0.218. The summed E-state index contributed by atoms with van der Waals surface area (Å²) in [5.74, 6) is -0.400. The Morgan fingerprint density at radius 3 is 2.62 bits per heavy atom. The lowest BCUT2D eigenvalue weighted by Gasteiger charge is -2.33. The van der Waals surface area contributed by atoms with Crippen molar-refractivity contribution in [2.45, 2.75) is 31.1 Å². The highest BCUT2D eigenvalue weighted by Crippen LogP contribution is 2.40. The number of hydrogen-bond donors (Lipinski definition) is 1. The Morgan fingerprint density at radius 2 is 1.95 bits per heavy atom. The van der Waals surface area contributed by atoms with Crippen molar-refractivity contribution in [2.75, 3.05) is 26.2 Å². The Kier molecular flexibility index (Phi) is 3.80. The van der Waals surface area contributed by atoms with Gasteiger partial charge in [-0.3, -0.25) is 0 Å². The summed E-state index contributed by atoms with van der Waals surface area (Å²) in [6.07, 6.45) is 2.98. The molecule has 21 heavy (non-hydrogen) atoms. The minimum atomic E-state index is -3.52. The molecule has 116 valence electrons. The lowest BCUT2D eigenvalue weighted by atomic mass is 9.78. The molecule has 0 aromatic heterocycles. The molecule has 0 aliphatic carbocycles. The molecule has 2 aliphatic rings. The molecule has 0 unspecified atom stereocenters. The van der Waals surface area contributed by atoms with E-state index in [4.69, 9.17) is 0 Å². The van der Waals surface area contributed by atoms with Crippen molar-refractivity contribution in [1.29, 1.82) is 0 Å². The predicted octanol–water partition coefficient (Wildman–Crippen LogP) is 1.90. The van der Waals surface area contributed by atoms with Gasteiger partial charge in [0, 0.05) is 13.1 Å². The van der Waals surface area contributed by atoms with Crippen LogP contribution < -0.4 is 5.32 Å². The van der Waals surface area contributed by atoms with Crippen molar-refractivity contribution < 1.29 is 12.8 Å². The zero-order valence-electron chi connectivity index (χ0n) is 12.2. The van der Waals surface area contributed by atoms with Crippen LogP contribution in [0.2, 0.25) is 0 Å². The Balaban J connectivity index is 1.86. The third kappa shape index (κ3) is 2.72. The van der Waals surface area contributed by atoms with Crippen molar-refractivity contribution in [3.63, 3.8) is 0 Å². The van der Waals surface area contributed by atoms with Gasteiger partial charge in [0.05, 0.1) is 4.90 Å². The topological polar surface area (TPSA) is 49.4 Å². The second-order valence-corrected chi connectivity index (χ2v) is 8.15. The number of rotatable bonds is 2. The number of aryl methyl sites for hydroxylation is 1. The number of piperidine rings is 1. The molecular weight excluding hydrogens is 291 g/mol. The van der Waals surface area contributed by atoms with E-state index in [0.717, 1.165) is 32.4 Å². The molecule has 0 saturated carbocycles. The van der Waals surface area contributed by atoms with Gasteiger partial charge in [-0.2, -0.15) is 4.31 Å². The Bertz CT molecular complexity index is 639. The van der Waals surface area contributed by atoms with E-state index in [1.807, 2.05) is 0 Å². The first-order valence-corrected chi connectivity index (χ1v) is 8.84. The van der Waals surface area contributed by atoms with Crippen molar-refractivity contribution in [3.05, 3.63) is 29.6 Å². The molecule has 1 N–H and O–H groups in total. The molecule has 0 bridgehead atoms. The van der Waals surface area contributed by atoms with Crippen molar-refractivity contribution in [2.24, 2.45) is 5.41 Å². The van der Waals surface area contributed by atoms with E-state index in [0.29, 0.717) is 18.7 Å². The summed E-state index contributed by atoms with van der Waals surface area (Å²) in [6.45, 7) is 4.73. The monoisotopic (exact) mass is 312 g/mol. The van der Waals surface area contributed by atoms with Crippen LogP contribution in [0.1, 0.15) is 24.8 Å². The van der Waals surface area contributed by atoms with Crippen molar-refractivity contribution >= 4 is 10.0 Å². The largest absolute Gasteiger partial charge is 0.317 e. The fraction of sp³-hybridized carbons (Fsp3) is 0.600. The van der Waals surface area contributed by atoms with Gasteiger partial charge >= 0.3 is 0 Å². The molecule has 1 aromatic rings. The van der Waals surface area contributed by atoms with E-state index in [9.17, 15) is 12.8 Å². The van der Waals surface area contributed by atoms with Crippen LogP contribution in [-0.4, -0.2) is 38.9 Å². The molecule has 0 atom stereocenters. The highest BCUT2D eigenvalue weighted by Gasteiger charge is 2.43. The molecule has 4 nitrogen and oxygen atoms in total. The summed E-state index contributed by atoms with van der Waals surface area (Å²) < 4.78 is 40.3. The standard InChI is InChI=1S/C15H21FN2O2S/c1-12-10-13(16)2-3-14(12)21(19,20)18-9-6-15(11-18)4-7-17-8-5-15/h2-3,10,17H,4-9,11H2,1H3. The molecule has 6 heteroatoms. The molecule has 3 rings (SSSR count). The minimum absolute atomic E-state index is 0.131. The van der Waals surface area contributed by atoms with E-state index in [1.54, 1.807) is 11.2 Å². The third-order valence-corrected chi connectivity index (χ3v) is 6.83. The number of halogens is 1. The van der Waals surface area contributed by atoms with Gasteiger partial charge in [0.15, 0.2) is 0 Å². The van der Waals surface area contributed by atoms with Gasteiger partial charge in [0.25, 0.3) is 0 Å². The van der Waals surface area contributed by atoms with Gasteiger partial charge in [-0.15, -0.1) is 0 Å². The van der Waals surface area contributed by atoms with Gasteiger partial charge in [0.1, 0.15) is 5.82 Å². The van der Waals surface area contributed by atoms with E-state index in [2.05, 4.69) is 5.32 Å². The number of sulfonamides is 1. The van der Waals surface area contributed by atoms with Crippen LogP contribution in [0.15, 0.2) is 23.1 Å². The van der Waals surface area contributed by atoms with Crippen LogP contribution in [-0.2, 0) is 10.0 Å². The Hall–Kier alpha value is -0.980. The highest BCUT2D eigenvalue weighted by atomic mass is 32.2. The van der Waals surface area contributed by atoms with E-state index < -0.39 is 15.8 Å². The van der Waals surface area contributed by atoms with Gasteiger partial charge in [-0.05, 0) is 68.5 Å². The van der Waals surface area contributed by atoms with Crippen LogP contribution >= 0.6 is 0 Å². The predicted molar refractivity (Wildman–Crippen MR) is 79.0 cm³/mol. The summed E-state index contributed by atoms with van der Waals surface area (Å²) in [5, 5.41) is 3.33. The maximum Gasteiger partial charge on any atom is 0.243 e. The molecule has 1 aromatic carbocycles. The van der Waals surface area contributed by atoms with E-state index in [1.165, 1.54) is 18.2 Å². The molecule has 1 spiro atoms. The highest BCUT2D eigenvalue weighted by molar-refractivity contribution is 7.89. The smallest absolute Gasteiger partial charge is 0.243 e. The van der Waals surface area contributed by atoms with Crippen LogP contribution in [0, 0.1) is 18.2 Å². The quantitative estimate of drug-likeness (QED) is 0.907. The minimum Gasteiger partial charge on any atom is -0.317 e. The first-order valence-electron chi connectivity index (χ1n) is 7.40. The van der Waals surface area contributed by atoms with Gasteiger partial charge in [-0.1, -0.05) is 0 Å². The van der Waals surface area contributed by atoms with Crippen LogP contribution in [0.3, 0.4) is 0 Å². The second kappa shape index (κ2) is 5.34. The summed E-state index contributed by atoms with van der Waals surface area (Å²) in [7, 11) is -3.52. The van der Waals surface area contributed by atoms with Gasteiger partial charge in [-0.25, -0.2) is 12.8 Å². The summed E-state index contributed by atoms with van der Waals surface area (Å²) in [5.41, 5.74) is 0.605. The molecule has 0 amide bonds. The number of nitrogens with zero attached hydrogens (tertiary/aromatic N) is 1. The molecule has 0 radical (unpaired) electrons. The van der Waals surface area contributed by atoms with Crippen molar-refractivity contribution in [1.82, 2.24) is 9.62 Å². The Labute approximate surface area is 125 Å². The maximum atomic E-state index is 13.2. The summed E-state index contributed by atoms with van der Waals surface area (Å²) >= 11 is 0. The van der Waals surface area contributed by atoms with E-state index in [-0.39, 0.29) is 10.3 Å². The Morgan fingerprint density at radius 1 is 1.24 bits per heavy atom. The first-order chi connectivity index (χ1) is 9.93. The fourth-order valence-corrected chi connectivity index (χ4v) is 5.27. The molecular formula is C15H21FN2O2S. The second-order valence-electron chi connectivity index (χ2n) is 6.25. The number of hydrogen-bond acceptors (Lipinski definition) is 3. The van der Waals surface area contributed by atoms with Gasteiger partial charge in [0.2, 0.25) is 10.0 Å². The average molecular weight is 312 g/mol. The van der Waals surface area contributed by atoms with Crippen LogP contribution in [0.25, 0.3) is 0 Å². The normalized spacial score (nSPS) is 22.8. The van der Waals surface area contributed by atoms with E-state index >= 15 is 0 Å². The molecule has 2 heterocycles. The molecule has 2 saturated heterocycles. The number of benzene rings is 1. The third-order valence-electron chi connectivity index (χ3n) is 4.82. The lowest BCUT2D eigenvalue weighted by Crippen LogP contribution is -2.39. The molecule has 2 fully saturated rings. The maximum absolute atomic E-state index is 13.2.